The van der Waals surface area contributed by atoms with Gasteiger partial charge in [-0.3, -0.25) is 4.98 Å². The molecular formula is C47H32N4. The lowest BCUT2D eigenvalue weighted by Gasteiger charge is -2.12. The summed E-state index contributed by atoms with van der Waals surface area (Å²) in [6, 6.07) is 61.0. The summed E-state index contributed by atoms with van der Waals surface area (Å²) in [7, 11) is 0. The van der Waals surface area contributed by atoms with Crippen molar-refractivity contribution in [2.24, 2.45) is 0 Å². The van der Waals surface area contributed by atoms with E-state index in [-0.39, 0.29) is 0 Å². The second-order valence-electron chi connectivity index (χ2n) is 12.8. The van der Waals surface area contributed by atoms with Crippen LogP contribution in [0.3, 0.4) is 0 Å². The fourth-order valence-corrected chi connectivity index (χ4v) is 6.78. The van der Waals surface area contributed by atoms with E-state index in [0.29, 0.717) is 5.82 Å². The number of benzene rings is 6. The van der Waals surface area contributed by atoms with E-state index >= 15 is 0 Å². The Bertz CT molecular complexity index is 2610. The largest absolute Gasteiger partial charge is 0.251 e. The third kappa shape index (κ3) is 5.94. The van der Waals surface area contributed by atoms with Crippen LogP contribution >= 0.6 is 0 Å². The molecule has 240 valence electrons. The molecule has 0 bridgehead atoms. The highest BCUT2D eigenvalue weighted by molar-refractivity contribution is 6.08. The van der Waals surface area contributed by atoms with Gasteiger partial charge in [0.1, 0.15) is 0 Å². The maximum Gasteiger partial charge on any atom is 0.160 e. The summed E-state index contributed by atoms with van der Waals surface area (Å²) in [6.07, 6.45) is 0. The second kappa shape index (κ2) is 12.9. The normalized spacial score (nSPS) is 11.2. The zero-order valence-electron chi connectivity index (χ0n) is 28.0. The molecule has 51 heavy (non-hydrogen) atoms. The van der Waals surface area contributed by atoms with Crippen molar-refractivity contribution in [1.29, 1.82) is 0 Å². The van der Waals surface area contributed by atoms with Gasteiger partial charge in [0.2, 0.25) is 0 Å². The van der Waals surface area contributed by atoms with E-state index in [2.05, 4.69) is 140 Å². The van der Waals surface area contributed by atoms with E-state index in [1.807, 2.05) is 42.5 Å². The van der Waals surface area contributed by atoms with E-state index in [0.717, 1.165) is 78.0 Å². The summed E-state index contributed by atoms with van der Waals surface area (Å²) in [5, 5.41) is 2.18. The van der Waals surface area contributed by atoms with Crippen molar-refractivity contribution in [2.75, 3.05) is 0 Å². The van der Waals surface area contributed by atoms with Crippen LogP contribution in [0.15, 0.2) is 176 Å². The Balaban J connectivity index is 1.07. The predicted molar refractivity (Wildman–Crippen MR) is 210 cm³/mol. The minimum atomic E-state index is 0.707. The SMILES string of the molecule is Cc1cc(-c2ccccc2)c2ccc3ccc(-c4ccc(-c5cccc(-c6cc(-c7ccccc7)nc(-c7ccccc7)n6)c5)cc4)nc3c2n1. The number of nitrogens with zero attached hydrogens (tertiary/aromatic N) is 4. The average Bonchev–Trinajstić information content (AvgIpc) is 3.21. The molecule has 4 nitrogen and oxygen atoms in total. The zero-order chi connectivity index (χ0) is 34.1. The summed E-state index contributed by atoms with van der Waals surface area (Å²) in [6.45, 7) is 2.05. The topological polar surface area (TPSA) is 51.6 Å². The van der Waals surface area contributed by atoms with Crippen molar-refractivity contribution in [3.8, 4) is 67.4 Å². The molecule has 0 saturated heterocycles. The lowest BCUT2D eigenvalue weighted by Crippen LogP contribution is -1.96. The highest BCUT2D eigenvalue weighted by Gasteiger charge is 2.14. The van der Waals surface area contributed by atoms with E-state index in [4.69, 9.17) is 19.9 Å². The number of pyridine rings is 2. The van der Waals surface area contributed by atoms with Gasteiger partial charge in [-0.15, -0.1) is 0 Å². The first-order valence-electron chi connectivity index (χ1n) is 17.1. The van der Waals surface area contributed by atoms with Crippen LogP contribution in [0, 0.1) is 6.92 Å². The minimum Gasteiger partial charge on any atom is -0.251 e. The summed E-state index contributed by atoms with van der Waals surface area (Å²) >= 11 is 0. The molecule has 0 unspecified atom stereocenters. The summed E-state index contributed by atoms with van der Waals surface area (Å²) in [5.41, 5.74) is 14.2. The Morgan fingerprint density at radius 3 is 1.63 bits per heavy atom. The van der Waals surface area contributed by atoms with Crippen LogP contribution in [0.25, 0.3) is 89.2 Å². The van der Waals surface area contributed by atoms with Crippen molar-refractivity contribution >= 4 is 21.8 Å². The van der Waals surface area contributed by atoms with Gasteiger partial charge in [0.25, 0.3) is 0 Å². The smallest absolute Gasteiger partial charge is 0.160 e. The molecule has 9 aromatic rings. The van der Waals surface area contributed by atoms with Crippen molar-refractivity contribution < 1.29 is 0 Å². The zero-order valence-corrected chi connectivity index (χ0v) is 28.0. The van der Waals surface area contributed by atoms with Gasteiger partial charge in [-0.25, -0.2) is 15.0 Å². The monoisotopic (exact) mass is 652 g/mol. The molecule has 0 atom stereocenters. The predicted octanol–water partition coefficient (Wildman–Crippen LogP) is 11.9. The third-order valence-electron chi connectivity index (χ3n) is 9.35. The van der Waals surface area contributed by atoms with Crippen molar-refractivity contribution in [3.63, 3.8) is 0 Å². The number of aryl methyl sites for hydroxylation is 1. The van der Waals surface area contributed by atoms with Gasteiger partial charge in [0.15, 0.2) is 5.82 Å². The van der Waals surface area contributed by atoms with E-state index in [1.165, 1.54) is 11.1 Å². The number of hydrogen-bond acceptors (Lipinski definition) is 4. The third-order valence-corrected chi connectivity index (χ3v) is 9.35. The van der Waals surface area contributed by atoms with Gasteiger partial charge in [0, 0.05) is 38.7 Å². The number of rotatable bonds is 6. The molecule has 0 aliphatic rings. The van der Waals surface area contributed by atoms with Crippen LogP contribution in [0.2, 0.25) is 0 Å². The standard InChI is InChI=1S/C47H32N4/c1-31-28-41(33-12-5-2-6-13-33)40-26-24-36-25-27-42(49-45(36)46(40)48-31)35-22-20-32(21-23-35)38-18-11-19-39(29-38)44-30-43(34-14-7-3-8-15-34)50-47(51-44)37-16-9-4-10-17-37/h2-30H,1H3. The molecule has 0 spiro atoms. The van der Waals surface area contributed by atoms with Crippen molar-refractivity contribution in [3.05, 3.63) is 182 Å². The second-order valence-corrected chi connectivity index (χ2v) is 12.8. The Morgan fingerprint density at radius 1 is 0.333 bits per heavy atom. The molecule has 0 N–H and O–H groups in total. The molecule has 0 fully saturated rings. The quantitative estimate of drug-likeness (QED) is 0.168. The number of aromatic nitrogens is 4. The van der Waals surface area contributed by atoms with Gasteiger partial charge >= 0.3 is 0 Å². The Kier molecular flexibility index (Phi) is 7.67. The van der Waals surface area contributed by atoms with Crippen LogP contribution in [0.5, 0.6) is 0 Å². The lowest BCUT2D eigenvalue weighted by atomic mass is 9.98. The molecule has 0 aliphatic carbocycles. The molecule has 3 aromatic heterocycles. The van der Waals surface area contributed by atoms with Gasteiger partial charge in [-0.2, -0.15) is 0 Å². The molecule has 4 heteroatoms. The lowest BCUT2D eigenvalue weighted by molar-refractivity contribution is 1.18. The van der Waals surface area contributed by atoms with Gasteiger partial charge in [0.05, 0.1) is 28.1 Å². The number of hydrogen-bond donors (Lipinski definition) is 0. The van der Waals surface area contributed by atoms with Gasteiger partial charge < -0.3 is 0 Å². The maximum absolute atomic E-state index is 5.20. The molecule has 0 saturated carbocycles. The molecular weight excluding hydrogens is 621 g/mol. The van der Waals surface area contributed by atoms with E-state index in [9.17, 15) is 0 Å². The highest BCUT2D eigenvalue weighted by atomic mass is 14.9. The Labute approximate surface area is 296 Å². The molecule has 3 heterocycles. The summed E-state index contributed by atoms with van der Waals surface area (Å²) < 4.78 is 0. The van der Waals surface area contributed by atoms with Gasteiger partial charge in [-0.1, -0.05) is 152 Å². The Morgan fingerprint density at radius 2 is 0.902 bits per heavy atom. The van der Waals surface area contributed by atoms with Crippen LogP contribution in [0.4, 0.5) is 0 Å². The maximum atomic E-state index is 5.20. The first-order chi connectivity index (χ1) is 25.2. The molecule has 6 aromatic carbocycles. The molecule has 0 radical (unpaired) electrons. The van der Waals surface area contributed by atoms with Crippen LogP contribution in [-0.4, -0.2) is 19.9 Å². The first kappa shape index (κ1) is 30.3. The minimum absolute atomic E-state index is 0.707. The fourth-order valence-electron chi connectivity index (χ4n) is 6.78. The van der Waals surface area contributed by atoms with E-state index < -0.39 is 0 Å². The Hall–Kier alpha value is -6.78. The van der Waals surface area contributed by atoms with E-state index in [1.54, 1.807) is 0 Å². The fraction of sp³-hybridized carbons (Fsp3) is 0.0213. The summed E-state index contributed by atoms with van der Waals surface area (Å²) in [4.78, 5) is 20.2. The van der Waals surface area contributed by atoms with Gasteiger partial charge in [-0.05, 0) is 53.4 Å². The van der Waals surface area contributed by atoms with Crippen LogP contribution < -0.4 is 0 Å². The molecule has 9 rings (SSSR count). The van der Waals surface area contributed by atoms with Crippen molar-refractivity contribution in [2.45, 2.75) is 6.92 Å². The first-order valence-corrected chi connectivity index (χ1v) is 17.1. The molecule has 0 aliphatic heterocycles. The van der Waals surface area contributed by atoms with Crippen LogP contribution in [-0.2, 0) is 0 Å². The highest BCUT2D eigenvalue weighted by Crippen LogP contribution is 2.35. The summed E-state index contributed by atoms with van der Waals surface area (Å²) in [5.74, 6) is 0.707. The van der Waals surface area contributed by atoms with Crippen molar-refractivity contribution in [1.82, 2.24) is 19.9 Å². The number of fused-ring (bicyclic) bond motifs is 3. The van der Waals surface area contributed by atoms with Crippen LogP contribution in [0.1, 0.15) is 5.69 Å². The molecule has 0 amide bonds. The average molecular weight is 653 g/mol.